The fourth-order valence-electron chi connectivity index (χ4n) is 3.86. The molecule has 0 spiro atoms. The molecular weight excluding hydrogens is 490 g/mol. The number of nitro groups is 1. The predicted octanol–water partition coefficient (Wildman–Crippen LogP) is 2.36. The van der Waals surface area contributed by atoms with E-state index < -0.39 is 33.8 Å². The van der Waals surface area contributed by atoms with E-state index >= 15 is 0 Å². The first-order valence-electron chi connectivity index (χ1n) is 10.9. The van der Waals surface area contributed by atoms with Crippen LogP contribution in [0.3, 0.4) is 0 Å². The molecule has 0 aliphatic carbocycles. The van der Waals surface area contributed by atoms with Gasteiger partial charge in [0, 0.05) is 25.0 Å². The van der Waals surface area contributed by atoms with Crippen LogP contribution in [0.2, 0.25) is 0 Å². The summed E-state index contributed by atoms with van der Waals surface area (Å²) in [6.45, 7) is 1.27. The lowest BCUT2D eigenvalue weighted by atomic mass is 9.98. The molecule has 0 bridgehead atoms. The molecule has 12 heteroatoms. The second-order valence-electron chi connectivity index (χ2n) is 8.06. The van der Waals surface area contributed by atoms with Crippen LogP contribution in [0, 0.1) is 10.1 Å². The van der Waals surface area contributed by atoms with E-state index in [4.69, 9.17) is 14.2 Å². The van der Waals surface area contributed by atoms with Crippen LogP contribution >= 0.6 is 11.8 Å². The molecule has 1 unspecified atom stereocenters. The number of amides is 2. The monoisotopic (exact) mass is 513 g/mol. The molecular formula is C24H23N3O8S. The van der Waals surface area contributed by atoms with Gasteiger partial charge in [-0.1, -0.05) is 18.2 Å². The maximum absolute atomic E-state index is 13.2. The van der Waals surface area contributed by atoms with Crippen LogP contribution in [-0.4, -0.2) is 58.2 Å². The Bertz CT molecular complexity index is 1220. The molecule has 2 heterocycles. The van der Waals surface area contributed by atoms with Gasteiger partial charge in [0.15, 0.2) is 6.61 Å². The number of carbonyl (C=O) groups is 3. The second-order valence-corrected chi connectivity index (χ2v) is 9.13. The van der Waals surface area contributed by atoms with E-state index in [1.807, 2.05) is 6.07 Å². The number of hydrogen-bond acceptors (Lipinski definition) is 9. The summed E-state index contributed by atoms with van der Waals surface area (Å²) in [6.07, 6.45) is 0. The Kier molecular flexibility index (Phi) is 7.27. The maximum atomic E-state index is 13.2. The summed E-state index contributed by atoms with van der Waals surface area (Å²) in [6, 6.07) is 14.4. The molecule has 36 heavy (non-hydrogen) atoms. The molecule has 2 atom stereocenters. The normalized spacial score (nSPS) is 20.8. The number of methoxy groups -OCH3 is 1. The number of rotatable bonds is 9. The van der Waals surface area contributed by atoms with Crippen molar-refractivity contribution in [1.29, 1.82) is 0 Å². The van der Waals surface area contributed by atoms with Crippen molar-refractivity contribution >= 4 is 35.2 Å². The van der Waals surface area contributed by atoms with Crippen LogP contribution in [0.1, 0.15) is 12.5 Å². The lowest BCUT2D eigenvalue weighted by Crippen LogP contribution is -2.80. The topological polar surface area (TPSA) is 137 Å². The SMILES string of the molecule is COC1(NC(=O)COc2ccccc2)C(=O)N2C(C(=O)OCc3ccc([N+](=O)[O-])cc3)=C(C)CS[C@H]21. The fraction of sp³-hybridized carbons (Fsp3) is 0.292. The van der Waals surface area contributed by atoms with Crippen LogP contribution < -0.4 is 10.1 Å². The van der Waals surface area contributed by atoms with Crippen molar-refractivity contribution in [3.8, 4) is 5.75 Å². The zero-order chi connectivity index (χ0) is 25.9. The minimum atomic E-state index is -1.65. The van der Waals surface area contributed by atoms with Crippen LogP contribution in [-0.2, 0) is 30.5 Å². The van der Waals surface area contributed by atoms with Crippen molar-refractivity contribution in [2.24, 2.45) is 0 Å². The van der Waals surface area contributed by atoms with E-state index in [1.165, 1.54) is 48.0 Å². The zero-order valence-corrected chi connectivity index (χ0v) is 20.3. The molecule has 11 nitrogen and oxygen atoms in total. The van der Waals surface area contributed by atoms with E-state index in [2.05, 4.69) is 5.32 Å². The Hall–Kier alpha value is -3.90. The largest absolute Gasteiger partial charge is 0.484 e. The van der Waals surface area contributed by atoms with Gasteiger partial charge >= 0.3 is 5.97 Å². The van der Waals surface area contributed by atoms with Crippen LogP contribution in [0.5, 0.6) is 5.75 Å². The van der Waals surface area contributed by atoms with Gasteiger partial charge in [-0.2, -0.15) is 0 Å². The van der Waals surface area contributed by atoms with Gasteiger partial charge < -0.3 is 19.5 Å². The van der Waals surface area contributed by atoms with E-state index in [1.54, 1.807) is 31.2 Å². The van der Waals surface area contributed by atoms with Gasteiger partial charge in [0.2, 0.25) is 0 Å². The summed E-state index contributed by atoms with van der Waals surface area (Å²) in [5.41, 5.74) is -0.434. The molecule has 2 aromatic carbocycles. The molecule has 2 aliphatic rings. The average molecular weight is 514 g/mol. The zero-order valence-electron chi connectivity index (χ0n) is 19.5. The summed E-state index contributed by atoms with van der Waals surface area (Å²) in [4.78, 5) is 50.3. The molecule has 1 N–H and O–H groups in total. The van der Waals surface area contributed by atoms with E-state index in [0.717, 1.165) is 0 Å². The van der Waals surface area contributed by atoms with Crippen molar-refractivity contribution in [2.45, 2.75) is 24.6 Å². The standard InChI is InChI=1S/C24H23N3O8S/c1-15-14-36-23-24(33-2,25-19(28)13-34-18-6-4-3-5-7-18)22(30)26(23)20(15)21(29)35-12-16-8-10-17(11-9-16)27(31)32/h3-11,23H,12-14H2,1-2H3,(H,25,28)/t23-,24?/m0/s1. The van der Waals surface area contributed by atoms with Gasteiger partial charge in [-0.25, -0.2) is 4.79 Å². The number of nitrogens with zero attached hydrogens (tertiary/aromatic N) is 2. The number of esters is 1. The van der Waals surface area contributed by atoms with Gasteiger partial charge in [0.25, 0.3) is 23.2 Å². The highest BCUT2D eigenvalue weighted by Crippen LogP contribution is 2.46. The fourth-order valence-corrected chi connectivity index (χ4v) is 5.25. The molecule has 2 amide bonds. The number of β-lactam (4-membered cyclic amide) rings is 1. The molecule has 1 fully saturated rings. The number of carbonyl (C=O) groups excluding carboxylic acids is 3. The summed E-state index contributed by atoms with van der Waals surface area (Å²) < 4.78 is 16.3. The van der Waals surface area contributed by atoms with Gasteiger partial charge in [0.05, 0.1) is 4.92 Å². The van der Waals surface area contributed by atoms with Crippen molar-refractivity contribution in [1.82, 2.24) is 10.2 Å². The lowest BCUT2D eigenvalue weighted by Gasteiger charge is -2.55. The Morgan fingerprint density at radius 1 is 1.19 bits per heavy atom. The summed E-state index contributed by atoms with van der Waals surface area (Å²) in [5, 5.41) is 12.7. The number of para-hydroxylation sites is 1. The summed E-state index contributed by atoms with van der Waals surface area (Å²) >= 11 is 1.35. The number of fused-ring (bicyclic) bond motifs is 1. The average Bonchev–Trinajstić information content (AvgIpc) is 2.89. The second kappa shape index (κ2) is 10.4. The van der Waals surface area contributed by atoms with E-state index in [0.29, 0.717) is 22.6 Å². The predicted molar refractivity (Wildman–Crippen MR) is 129 cm³/mol. The molecule has 0 radical (unpaired) electrons. The Morgan fingerprint density at radius 2 is 1.89 bits per heavy atom. The number of benzene rings is 2. The van der Waals surface area contributed by atoms with E-state index in [-0.39, 0.29) is 24.6 Å². The molecule has 188 valence electrons. The molecule has 0 aromatic heterocycles. The third kappa shape index (κ3) is 4.77. The van der Waals surface area contributed by atoms with Crippen LogP contribution in [0.25, 0.3) is 0 Å². The Labute approximate surface area is 210 Å². The smallest absolute Gasteiger partial charge is 0.355 e. The third-order valence-corrected chi connectivity index (χ3v) is 7.15. The molecule has 1 saturated heterocycles. The number of hydrogen-bond donors (Lipinski definition) is 1. The van der Waals surface area contributed by atoms with Crippen molar-refractivity contribution in [3.63, 3.8) is 0 Å². The number of ether oxygens (including phenoxy) is 3. The quantitative estimate of drug-likeness (QED) is 0.176. The highest BCUT2D eigenvalue weighted by Gasteiger charge is 2.66. The van der Waals surface area contributed by atoms with Gasteiger partial charge in [-0.3, -0.25) is 24.6 Å². The van der Waals surface area contributed by atoms with Crippen molar-refractivity contribution < 1.29 is 33.5 Å². The third-order valence-electron chi connectivity index (χ3n) is 5.69. The highest BCUT2D eigenvalue weighted by molar-refractivity contribution is 8.00. The molecule has 0 saturated carbocycles. The van der Waals surface area contributed by atoms with Crippen molar-refractivity contribution in [2.75, 3.05) is 19.5 Å². The first-order chi connectivity index (χ1) is 17.3. The van der Waals surface area contributed by atoms with Crippen LogP contribution in [0.4, 0.5) is 5.69 Å². The Morgan fingerprint density at radius 3 is 2.53 bits per heavy atom. The highest BCUT2D eigenvalue weighted by atomic mass is 32.2. The first kappa shape index (κ1) is 25.2. The van der Waals surface area contributed by atoms with Gasteiger partial charge in [-0.15, -0.1) is 11.8 Å². The van der Waals surface area contributed by atoms with Gasteiger partial charge in [0.1, 0.15) is 23.4 Å². The first-order valence-corrected chi connectivity index (χ1v) is 11.9. The number of nitro benzene ring substituents is 1. The maximum Gasteiger partial charge on any atom is 0.355 e. The summed E-state index contributed by atoms with van der Waals surface area (Å²) in [7, 11) is 1.31. The minimum absolute atomic E-state index is 0.0749. The van der Waals surface area contributed by atoms with Gasteiger partial charge in [-0.05, 0) is 42.3 Å². The lowest BCUT2D eigenvalue weighted by molar-refractivity contribution is -0.384. The molecule has 2 aliphatic heterocycles. The number of thioether (sulfide) groups is 1. The Balaban J connectivity index is 1.41. The van der Waals surface area contributed by atoms with E-state index in [9.17, 15) is 24.5 Å². The number of nitrogens with one attached hydrogen (secondary N) is 1. The number of non-ortho nitro benzene ring substituents is 1. The molecule has 2 aromatic rings. The summed E-state index contributed by atoms with van der Waals surface area (Å²) in [5.74, 6) is -0.949. The van der Waals surface area contributed by atoms with Crippen molar-refractivity contribution in [3.05, 3.63) is 81.5 Å². The molecule has 4 rings (SSSR count). The minimum Gasteiger partial charge on any atom is -0.484 e. The van der Waals surface area contributed by atoms with Crippen LogP contribution in [0.15, 0.2) is 65.9 Å².